The van der Waals surface area contributed by atoms with Crippen LogP contribution in [0.2, 0.25) is 0 Å². The van der Waals surface area contributed by atoms with Gasteiger partial charge < -0.3 is 0 Å². The standard InChI is InChI=1S/C31H30N4O3/c1-6-9-24-26(30(37)35(32-24)25-14-13-20(3)16-22(25)5)27-28(33-15-8-11-21(4)18-33)31(38)34(29(27)36)23-12-7-10-19(2)17-23/h7-8,10-18H,6,9H2,1-5H3/p+1. The maximum Gasteiger partial charge on any atom is 0.331 e. The Hall–Kier alpha value is -4.52. The fraction of sp³-hybridized carbons (Fsp3) is 0.226. The van der Waals surface area contributed by atoms with Crippen LogP contribution in [-0.4, -0.2) is 21.6 Å². The van der Waals surface area contributed by atoms with Crippen LogP contribution in [0.1, 0.15) is 46.9 Å². The molecule has 3 heterocycles. The van der Waals surface area contributed by atoms with E-state index in [0.29, 0.717) is 23.5 Å². The summed E-state index contributed by atoms with van der Waals surface area (Å²) < 4.78 is 3.15. The Morgan fingerprint density at radius 1 is 0.842 bits per heavy atom. The summed E-state index contributed by atoms with van der Waals surface area (Å²) in [5.74, 6) is -0.974. The molecular formula is C31H31N4O3+. The predicted octanol–water partition coefficient (Wildman–Crippen LogP) is 4.58. The summed E-state index contributed by atoms with van der Waals surface area (Å²) in [4.78, 5) is 43.4. The summed E-state index contributed by atoms with van der Waals surface area (Å²) >= 11 is 0. The van der Waals surface area contributed by atoms with Gasteiger partial charge in [-0.3, -0.25) is 19.5 Å². The molecule has 1 N–H and O–H groups in total. The van der Waals surface area contributed by atoms with E-state index in [1.165, 1.54) is 9.58 Å². The van der Waals surface area contributed by atoms with Gasteiger partial charge >= 0.3 is 5.91 Å². The molecule has 0 aliphatic carbocycles. The highest BCUT2D eigenvalue weighted by Gasteiger charge is 2.48. The summed E-state index contributed by atoms with van der Waals surface area (Å²) in [6.45, 7) is 9.80. The van der Waals surface area contributed by atoms with E-state index in [-0.39, 0.29) is 22.4 Å². The summed E-state index contributed by atoms with van der Waals surface area (Å²) in [5.41, 5.74) is 5.84. The van der Waals surface area contributed by atoms with Gasteiger partial charge in [-0.15, -0.1) is 0 Å². The first-order valence-corrected chi connectivity index (χ1v) is 12.8. The van der Waals surface area contributed by atoms with Crippen molar-refractivity contribution in [2.75, 3.05) is 4.90 Å². The highest BCUT2D eigenvalue weighted by Crippen LogP contribution is 2.34. The van der Waals surface area contributed by atoms with Crippen LogP contribution in [0.5, 0.6) is 0 Å². The molecule has 2 amide bonds. The number of imide groups is 1. The molecule has 4 aromatic rings. The first-order chi connectivity index (χ1) is 18.2. The minimum Gasteiger partial charge on any atom is -0.294 e. The van der Waals surface area contributed by atoms with Gasteiger partial charge in [-0.1, -0.05) is 43.2 Å². The lowest BCUT2D eigenvalue weighted by atomic mass is 10.0. The number of aryl methyl sites for hydroxylation is 5. The summed E-state index contributed by atoms with van der Waals surface area (Å²) in [6, 6.07) is 16.9. The number of carbonyl (C=O) groups excluding carboxylic acids is 2. The number of hydrogen-bond donors (Lipinski definition) is 1. The number of benzene rings is 2. The third-order valence-corrected chi connectivity index (χ3v) is 6.83. The second-order valence-corrected chi connectivity index (χ2v) is 9.94. The molecule has 0 fully saturated rings. The number of amides is 2. The smallest absolute Gasteiger partial charge is 0.294 e. The number of hydrogen-bond acceptors (Lipinski definition) is 3. The molecule has 5 rings (SSSR count). The zero-order valence-electron chi connectivity index (χ0n) is 22.3. The van der Waals surface area contributed by atoms with E-state index in [2.05, 4.69) is 5.10 Å². The van der Waals surface area contributed by atoms with Gasteiger partial charge in [0.25, 0.3) is 17.2 Å². The second kappa shape index (κ2) is 9.74. The SMILES string of the molecule is CCCc1[nH]n(-c2ccc(C)cc2C)c(=O)c1C1=C([n+]2cccc(C)c2)C(=O)N(c2cccc(C)c2)C1=O. The summed E-state index contributed by atoms with van der Waals surface area (Å²) in [7, 11) is 0. The lowest BCUT2D eigenvalue weighted by Gasteiger charge is -2.14. The van der Waals surface area contributed by atoms with E-state index < -0.39 is 11.8 Å². The average molecular weight is 508 g/mol. The highest BCUT2D eigenvalue weighted by molar-refractivity contribution is 6.53. The van der Waals surface area contributed by atoms with Gasteiger partial charge in [-0.2, -0.15) is 4.57 Å². The van der Waals surface area contributed by atoms with Crippen molar-refractivity contribution < 1.29 is 14.2 Å². The van der Waals surface area contributed by atoms with E-state index in [1.807, 2.05) is 77.1 Å². The van der Waals surface area contributed by atoms with Gasteiger partial charge in [-0.05, 0) is 69.5 Å². The van der Waals surface area contributed by atoms with Crippen LogP contribution in [-0.2, 0) is 16.0 Å². The number of carbonyl (C=O) groups is 2. The minimum absolute atomic E-state index is 0.111. The normalized spacial score (nSPS) is 13.7. The number of nitrogens with zero attached hydrogens (tertiary/aromatic N) is 3. The number of pyridine rings is 1. The monoisotopic (exact) mass is 507 g/mol. The van der Waals surface area contributed by atoms with Gasteiger partial charge in [0.1, 0.15) is 5.57 Å². The van der Waals surface area contributed by atoms with Crippen molar-refractivity contribution in [3.05, 3.63) is 111 Å². The average Bonchev–Trinajstić information content (AvgIpc) is 3.31. The second-order valence-electron chi connectivity index (χ2n) is 9.94. The summed E-state index contributed by atoms with van der Waals surface area (Å²) in [5, 5.41) is 3.27. The zero-order valence-corrected chi connectivity index (χ0v) is 22.3. The molecular weight excluding hydrogens is 476 g/mol. The van der Waals surface area contributed by atoms with Crippen LogP contribution in [0.25, 0.3) is 17.0 Å². The van der Waals surface area contributed by atoms with E-state index in [4.69, 9.17) is 0 Å². The quantitative estimate of drug-likeness (QED) is 0.307. The van der Waals surface area contributed by atoms with Crippen molar-refractivity contribution in [2.24, 2.45) is 0 Å². The Morgan fingerprint density at radius 2 is 1.58 bits per heavy atom. The van der Waals surface area contributed by atoms with Gasteiger partial charge in [0.05, 0.1) is 16.9 Å². The van der Waals surface area contributed by atoms with Crippen molar-refractivity contribution in [3.63, 3.8) is 0 Å². The Balaban J connectivity index is 1.80. The molecule has 0 bridgehead atoms. The molecule has 0 saturated heterocycles. The number of rotatable bonds is 6. The van der Waals surface area contributed by atoms with Crippen molar-refractivity contribution in [1.82, 2.24) is 9.78 Å². The Labute approximate surface area is 221 Å². The highest BCUT2D eigenvalue weighted by atomic mass is 16.2. The third-order valence-electron chi connectivity index (χ3n) is 6.83. The summed E-state index contributed by atoms with van der Waals surface area (Å²) in [6.07, 6.45) is 4.84. The molecule has 1 aliphatic heterocycles. The van der Waals surface area contributed by atoms with Gasteiger partial charge in [0.2, 0.25) is 0 Å². The first-order valence-electron chi connectivity index (χ1n) is 12.8. The van der Waals surface area contributed by atoms with Gasteiger partial charge in [-0.25, -0.2) is 9.58 Å². The molecule has 7 nitrogen and oxygen atoms in total. The van der Waals surface area contributed by atoms with E-state index in [0.717, 1.165) is 28.7 Å². The van der Waals surface area contributed by atoms with Crippen LogP contribution in [0.3, 0.4) is 0 Å². The lowest BCUT2D eigenvalue weighted by Crippen LogP contribution is -2.39. The number of aromatic nitrogens is 3. The zero-order chi connectivity index (χ0) is 27.1. The fourth-order valence-electron chi connectivity index (χ4n) is 5.11. The molecule has 7 heteroatoms. The molecule has 2 aromatic carbocycles. The van der Waals surface area contributed by atoms with Crippen molar-refractivity contribution in [2.45, 2.75) is 47.5 Å². The first kappa shape index (κ1) is 25.1. The maximum absolute atomic E-state index is 14.1. The molecule has 0 radical (unpaired) electrons. The van der Waals surface area contributed by atoms with Crippen LogP contribution in [0, 0.1) is 27.7 Å². The van der Waals surface area contributed by atoms with Crippen LogP contribution < -0.4 is 15.0 Å². The maximum atomic E-state index is 14.1. The van der Waals surface area contributed by atoms with Crippen molar-refractivity contribution in [3.8, 4) is 5.69 Å². The van der Waals surface area contributed by atoms with Crippen LogP contribution in [0.15, 0.2) is 71.8 Å². The van der Waals surface area contributed by atoms with Crippen molar-refractivity contribution in [1.29, 1.82) is 0 Å². The molecule has 0 unspecified atom stereocenters. The van der Waals surface area contributed by atoms with Crippen molar-refractivity contribution >= 4 is 28.8 Å². The number of anilines is 1. The lowest BCUT2D eigenvalue weighted by molar-refractivity contribution is -0.577. The van der Waals surface area contributed by atoms with E-state index in [9.17, 15) is 14.4 Å². The van der Waals surface area contributed by atoms with Crippen LogP contribution >= 0.6 is 0 Å². The van der Waals surface area contributed by atoms with Gasteiger partial charge in [0, 0.05) is 17.3 Å². The predicted molar refractivity (Wildman–Crippen MR) is 148 cm³/mol. The van der Waals surface area contributed by atoms with E-state index in [1.54, 1.807) is 29.1 Å². The van der Waals surface area contributed by atoms with Gasteiger partial charge in [0.15, 0.2) is 12.4 Å². The number of aromatic amines is 1. The molecule has 1 aliphatic rings. The van der Waals surface area contributed by atoms with E-state index >= 15 is 0 Å². The Bertz CT molecular complexity index is 1690. The molecule has 0 spiro atoms. The molecule has 2 aromatic heterocycles. The number of nitrogens with one attached hydrogen (secondary N) is 1. The fourth-order valence-corrected chi connectivity index (χ4v) is 5.11. The Morgan fingerprint density at radius 3 is 2.26 bits per heavy atom. The molecule has 192 valence electrons. The van der Waals surface area contributed by atoms with Crippen LogP contribution in [0.4, 0.5) is 5.69 Å². The largest absolute Gasteiger partial charge is 0.331 e. The number of H-pyrrole nitrogens is 1. The molecule has 0 atom stereocenters. The Kier molecular flexibility index (Phi) is 6.45. The topological polar surface area (TPSA) is 79.1 Å². The third kappa shape index (κ3) is 4.20. The minimum atomic E-state index is -0.508. The molecule has 0 saturated carbocycles. The molecule has 38 heavy (non-hydrogen) atoms.